The summed E-state index contributed by atoms with van der Waals surface area (Å²) < 4.78 is 0. The van der Waals surface area contributed by atoms with Gasteiger partial charge >= 0.3 is 0 Å². The number of nitrogens with two attached hydrogens (primary N) is 1. The second-order valence-corrected chi connectivity index (χ2v) is 4.71. The number of benzene rings is 1. The van der Waals surface area contributed by atoms with E-state index in [0.29, 0.717) is 11.4 Å². The van der Waals surface area contributed by atoms with E-state index in [9.17, 15) is 10.1 Å². The number of nitro groups is 1. The van der Waals surface area contributed by atoms with Crippen LogP contribution in [0.4, 0.5) is 17.1 Å². The number of hydrogen-bond acceptors (Lipinski definition) is 5. The zero-order chi connectivity index (χ0) is 13.7. The number of non-ortho nitro benzene ring substituents is 1. The van der Waals surface area contributed by atoms with E-state index in [2.05, 4.69) is 10.2 Å². The number of nitro benzene ring substituents is 1. The summed E-state index contributed by atoms with van der Waals surface area (Å²) in [6, 6.07) is 4.80. The SMILES string of the molecule is CC(CCN(C)C)Nc1cc(N)cc([N+](=O)[O-])c1. The van der Waals surface area contributed by atoms with Gasteiger partial charge in [0, 0.05) is 29.5 Å². The summed E-state index contributed by atoms with van der Waals surface area (Å²) in [5.41, 5.74) is 6.74. The molecule has 100 valence electrons. The molecule has 6 nitrogen and oxygen atoms in total. The van der Waals surface area contributed by atoms with E-state index in [1.165, 1.54) is 12.1 Å². The van der Waals surface area contributed by atoms with Crippen LogP contribution in [0.1, 0.15) is 13.3 Å². The summed E-state index contributed by atoms with van der Waals surface area (Å²) in [4.78, 5) is 12.4. The maximum atomic E-state index is 10.7. The van der Waals surface area contributed by atoms with Gasteiger partial charge in [0.2, 0.25) is 0 Å². The van der Waals surface area contributed by atoms with Crippen molar-refractivity contribution in [2.24, 2.45) is 0 Å². The van der Waals surface area contributed by atoms with Crippen LogP contribution in [0.5, 0.6) is 0 Å². The Morgan fingerprint density at radius 3 is 2.67 bits per heavy atom. The average Bonchev–Trinajstić information content (AvgIpc) is 2.25. The van der Waals surface area contributed by atoms with E-state index in [1.807, 2.05) is 21.0 Å². The van der Waals surface area contributed by atoms with Crippen LogP contribution >= 0.6 is 0 Å². The lowest BCUT2D eigenvalue weighted by Crippen LogP contribution is -2.23. The Balaban J connectivity index is 2.69. The molecule has 1 rings (SSSR count). The number of rotatable bonds is 6. The lowest BCUT2D eigenvalue weighted by Gasteiger charge is -2.17. The molecule has 3 N–H and O–H groups in total. The molecule has 0 aliphatic heterocycles. The highest BCUT2D eigenvalue weighted by molar-refractivity contribution is 5.61. The maximum absolute atomic E-state index is 10.7. The Bertz CT molecular complexity index is 421. The number of nitrogen functional groups attached to an aromatic ring is 1. The standard InChI is InChI=1S/C12H20N4O2/c1-9(4-5-15(2)3)14-11-6-10(13)7-12(8-11)16(17)18/h6-9,14H,4-5,13H2,1-3H3. The summed E-state index contributed by atoms with van der Waals surface area (Å²) in [5.74, 6) is 0. The molecule has 0 saturated carbocycles. The third-order valence-electron chi connectivity index (χ3n) is 2.57. The number of nitrogens with one attached hydrogen (secondary N) is 1. The van der Waals surface area contributed by atoms with Crippen molar-refractivity contribution in [1.29, 1.82) is 0 Å². The van der Waals surface area contributed by atoms with Crippen LogP contribution in [0.15, 0.2) is 18.2 Å². The molecule has 1 aromatic carbocycles. The van der Waals surface area contributed by atoms with Crippen molar-refractivity contribution in [3.8, 4) is 0 Å². The van der Waals surface area contributed by atoms with E-state index < -0.39 is 4.92 Å². The highest BCUT2D eigenvalue weighted by Crippen LogP contribution is 2.23. The molecule has 0 bridgehead atoms. The second kappa shape index (κ2) is 6.20. The van der Waals surface area contributed by atoms with Crippen LogP contribution in [0.3, 0.4) is 0 Å². The molecule has 6 heteroatoms. The Kier molecular flexibility index (Phi) is 4.91. The van der Waals surface area contributed by atoms with Crippen LogP contribution in [0.25, 0.3) is 0 Å². The maximum Gasteiger partial charge on any atom is 0.273 e. The Morgan fingerprint density at radius 1 is 1.44 bits per heavy atom. The van der Waals surface area contributed by atoms with Crippen molar-refractivity contribution in [2.75, 3.05) is 31.7 Å². The molecule has 0 heterocycles. The normalized spacial score (nSPS) is 12.4. The first-order chi connectivity index (χ1) is 8.38. The second-order valence-electron chi connectivity index (χ2n) is 4.71. The topological polar surface area (TPSA) is 84.4 Å². The van der Waals surface area contributed by atoms with Gasteiger partial charge in [-0.25, -0.2) is 0 Å². The van der Waals surface area contributed by atoms with E-state index in [1.54, 1.807) is 6.07 Å². The molecule has 0 fully saturated rings. The Hall–Kier alpha value is -1.82. The fourth-order valence-electron chi connectivity index (χ4n) is 1.63. The van der Waals surface area contributed by atoms with Crippen LogP contribution in [-0.2, 0) is 0 Å². The van der Waals surface area contributed by atoms with E-state index >= 15 is 0 Å². The van der Waals surface area contributed by atoms with Crippen molar-refractivity contribution in [1.82, 2.24) is 4.90 Å². The fraction of sp³-hybridized carbons (Fsp3) is 0.500. The minimum Gasteiger partial charge on any atom is -0.398 e. The van der Waals surface area contributed by atoms with Crippen molar-refractivity contribution in [3.63, 3.8) is 0 Å². The molecular weight excluding hydrogens is 232 g/mol. The van der Waals surface area contributed by atoms with Gasteiger partial charge in [-0.2, -0.15) is 0 Å². The van der Waals surface area contributed by atoms with Crippen LogP contribution in [-0.4, -0.2) is 36.5 Å². The molecule has 0 aromatic heterocycles. The van der Waals surface area contributed by atoms with Gasteiger partial charge in [0.15, 0.2) is 0 Å². The third-order valence-corrected chi connectivity index (χ3v) is 2.57. The molecule has 0 spiro atoms. The van der Waals surface area contributed by atoms with Crippen molar-refractivity contribution in [2.45, 2.75) is 19.4 Å². The summed E-state index contributed by atoms with van der Waals surface area (Å²) >= 11 is 0. The van der Waals surface area contributed by atoms with E-state index in [4.69, 9.17) is 5.73 Å². The van der Waals surface area contributed by atoms with Crippen molar-refractivity contribution in [3.05, 3.63) is 28.3 Å². The number of anilines is 2. The first-order valence-corrected chi connectivity index (χ1v) is 5.84. The third kappa shape index (κ3) is 4.58. The van der Waals surface area contributed by atoms with E-state index in [0.717, 1.165) is 13.0 Å². The molecule has 0 radical (unpaired) electrons. The van der Waals surface area contributed by atoms with Gasteiger partial charge in [-0.3, -0.25) is 10.1 Å². The molecule has 1 aromatic rings. The lowest BCUT2D eigenvalue weighted by atomic mass is 10.2. The molecule has 1 unspecified atom stereocenters. The molecule has 1 atom stereocenters. The van der Waals surface area contributed by atoms with Gasteiger partial charge in [-0.15, -0.1) is 0 Å². The molecule has 18 heavy (non-hydrogen) atoms. The van der Waals surface area contributed by atoms with Crippen molar-refractivity contribution < 1.29 is 4.92 Å². The van der Waals surface area contributed by atoms with Crippen LogP contribution < -0.4 is 11.1 Å². The van der Waals surface area contributed by atoms with Crippen molar-refractivity contribution >= 4 is 17.1 Å². The summed E-state index contributed by atoms with van der Waals surface area (Å²) in [7, 11) is 4.02. The predicted molar refractivity (Wildman–Crippen MR) is 73.8 cm³/mol. The smallest absolute Gasteiger partial charge is 0.273 e. The van der Waals surface area contributed by atoms with Gasteiger partial charge in [0.25, 0.3) is 5.69 Å². The lowest BCUT2D eigenvalue weighted by molar-refractivity contribution is -0.384. The predicted octanol–water partition coefficient (Wildman–Crippen LogP) is 1.93. The quantitative estimate of drug-likeness (QED) is 0.459. The summed E-state index contributed by atoms with van der Waals surface area (Å²) in [6.07, 6.45) is 0.954. The molecular formula is C12H20N4O2. The monoisotopic (exact) mass is 252 g/mol. The van der Waals surface area contributed by atoms with Crippen LogP contribution in [0, 0.1) is 10.1 Å². The Labute approximate surface area is 107 Å². The van der Waals surface area contributed by atoms with Gasteiger partial charge in [0.05, 0.1) is 4.92 Å². The fourth-order valence-corrected chi connectivity index (χ4v) is 1.63. The zero-order valence-corrected chi connectivity index (χ0v) is 11.0. The number of hydrogen-bond donors (Lipinski definition) is 2. The van der Waals surface area contributed by atoms with Gasteiger partial charge in [-0.05, 0) is 40.1 Å². The minimum absolute atomic E-state index is 0.0114. The van der Waals surface area contributed by atoms with Gasteiger partial charge in [0.1, 0.15) is 0 Å². The largest absolute Gasteiger partial charge is 0.398 e. The van der Waals surface area contributed by atoms with E-state index in [-0.39, 0.29) is 11.7 Å². The molecule has 0 aliphatic carbocycles. The first kappa shape index (κ1) is 14.2. The highest BCUT2D eigenvalue weighted by atomic mass is 16.6. The Morgan fingerprint density at radius 2 is 2.11 bits per heavy atom. The summed E-state index contributed by atoms with van der Waals surface area (Å²) in [5, 5.41) is 13.9. The minimum atomic E-state index is -0.438. The average molecular weight is 252 g/mol. The molecule has 0 amide bonds. The van der Waals surface area contributed by atoms with Gasteiger partial charge in [-0.1, -0.05) is 0 Å². The van der Waals surface area contributed by atoms with Gasteiger partial charge < -0.3 is 16.0 Å². The summed E-state index contributed by atoms with van der Waals surface area (Å²) in [6.45, 7) is 3.00. The molecule has 0 aliphatic rings. The number of nitrogens with zero attached hydrogens (tertiary/aromatic N) is 2. The van der Waals surface area contributed by atoms with Crippen LogP contribution in [0.2, 0.25) is 0 Å². The zero-order valence-electron chi connectivity index (χ0n) is 11.0. The first-order valence-electron chi connectivity index (χ1n) is 5.84. The highest BCUT2D eigenvalue weighted by Gasteiger charge is 2.10. The molecule has 0 saturated heterocycles.